The molecule has 3 fully saturated rings. The Morgan fingerprint density at radius 2 is 1.85 bits per heavy atom. The smallest absolute Gasteiger partial charge is 0.327 e. The van der Waals surface area contributed by atoms with Crippen LogP contribution in [0, 0.1) is 5.92 Å². The van der Waals surface area contributed by atoms with Gasteiger partial charge < -0.3 is 14.9 Å². The van der Waals surface area contributed by atoms with Crippen LogP contribution in [0.3, 0.4) is 0 Å². The number of carboxylic acids is 1. The molecule has 2 aliphatic heterocycles. The highest BCUT2D eigenvalue weighted by molar-refractivity contribution is 7.99. The number of thioether (sulfide) groups is 1. The summed E-state index contributed by atoms with van der Waals surface area (Å²) < 4.78 is 0. The monoisotopic (exact) mass is 299 g/mol. The molecule has 0 radical (unpaired) electrons. The summed E-state index contributed by atoms with van der Waals surface area (Å²) >= 11 is 1.52. The van der Waals surface area contributed by atoms with Crippen molar-refractivity contribution < 1.29 is 14.7 Å². The molecule has 2 heterocycles. The van der Waals surface area contributed by atoms with Crippen LogP contribution in [0.1, 0.15) is 12.8 Å². The average Bonchev–Trinajstić information content (AvgIpc) is 3.11. The molecule has 1 unspecified atom stereocenters. The van der Waals surface area contributed by atoms with Crippen LogP contribution >= 0.6 is 11.8 Å². The van der Waals surface area contributed by atoms with Gasteiger partial charge in [-0.15, -0.1) is 11.8 Å². The molecule has 6 nitrogen and oxygen atoms in total. The van der Waals surface area contributed by atoms with Crippen LogP contribution in [0.2, 0.25) is 0 Å². The van der Waals surface area contributed by atoms with Crippen LogP contribution < -0.4 is 0 Å². The molecule has 7 heteroatoms. The number of urea groups is 1. The van der Waals surface area contributed by atoms with Gasteiger partial charge in [-0.1, -0.05) is 0 Å². The van der Waals surface area contributed by atoms with Crippen LogP contribution in [0.25, 0.3) is 0 Å². The van der Waals surface area contributed by atoms with E-state index < -0.39 is 12.0 Å². The molecular formula is C13H21N3O3S. The summed E-state index contributed by atoms with van der Waals surface area (Å²) in [6, 6.07) is -0.759. The Bertz CT molecular complexity index is 394. The molecule has 0 bridgehead atoms. The van der Waals surface area contributed by atoms with E-state index in [1.165, 1.54) is 36.0 Å². The molecule has 1 atom stereocenters. The van der Waals surface area contributed by atoms with Gasteiger partial charge in [0.1, 0.15) is 6.04 Å². The van der Waals surface area contributed by atoms with Gasteiger partial charge >= 0.3 is 12.0 Å². The Morgan fingerprint density at radius 3 is 2.45 bits per heavy atom. The molecule has 2 saturated heterocycles. The minimum atomic E-state index is -0.893. The number of hydrogen-bond acceptors (Lipinski definition) is 4. The van der Waals surface area contributed by atoms with Crippen molar-refractivity contribution in [2.24, 2.45) is 5.92 Å². The first-order chi connectivity index (χ1) is 9.65. The number of carbonyl (C=O) groups is 2. The normalized spacial score (nSPS) is 27.9. The predicted octanol–water partition coefficient (Wildman–Crippen LogP) is 0.593. The molecule has 0 aromatic carbocycles. The Labute approximate surface area is 123 Å². The van der Waals surface area contributed by atoms with Crippen LogP contribution in [-0.2, 0) is 4.79 Å². The largest absolute Gasteiger partial charge is 0.480 e. The second-order valence-electron chi connectivity index (χ2n) is 5.84. The Balaban J connectivity index is 1.51. The number of piperazine rings is 1. The SMILES string of the molecule is O=C(O)C1CSCN1C(=O)N1CCN(CC2CC2)CC1. The van der Waals surface area contributed by atoms with Gasteiger partial charge in [-0.05, 0) is 18.8 Å². The molecule has 20 heavy (non-hydrogen) atoms. The fraction of sp³-hybridized carbons (Fsp3) is 0.846. The van der Waals surface area contributed by atoms with Gasteiger partial charge in [-0.25, -0.2) is 9.59 Å². The van der Waals surface area contributed by atoms with Crippen molar-refractivity contribution in [2.45, 2.75) is 18.9 Å². The quantitative estimate of drug-likeness (QED) is 0.826. The molecule has 1 aliphatic carbocycles. The van der Waals surface area contributed by atoms with E-state index in [0.29, 0.717) is 11.6 Å². The summed E-state index contributed by atoms with van der Waals surface area (Å²) in [6.45, 7) is 4.44. The number of hydrogen-bond donors (Lipinski definition) is 1. The average molecular weight is 299 g/mol. The summed E-state index contributed by atoms with van der Waals surface area (Å²) in [6.07, 6.45) is 2.70. The van der Waals surface area contributed by atoms with Crippen LogP contribution in [0.5, 0.6) is 0 Å². The molecule has 0 aromatic rings. The summed E-state index contributed by atoms with van der Waals surface area (Å²) in [7, 11) is 0. The minimum Gasteiger partial charge on any atom is -0.480 e. The maximum absolute atomic E-state index is 12.4. The highest BCUT2D eigenvalue weighted by Gasteiger charge is 2.37. The standard InChI is InChI=1S/C13H21N3O3S/c17-12(18)11-8-20-9-16(11)13(19)15-5-3-14(4-6-15)7-10-1-2-10/h10-11H,1-9H2,(H,17,18). The second-order valence-corrected chi connectivity index (χ2v) is 6.84. The number of carbonyl (C=O) groups excluding carboxylic acids is 1. The van der Waals surface area contributed by atoms with Crippen LogP contribution in [0.4, 0.5) is 4.79 Å². The minimum absolute atomic E-state index is 0.103. The van der Waals surface area contributed by atoms with Gasteiger partial charge in [0.2, 0.25) is 0 Å². The molecule has 0 aromatic heterocycles. The Hall–Kier alpha value is -0.950. The highest BCUT2D eigenvalue weighted by atomic mass is 32.2. The number of amides is 2. The zero-order valence-corrected chi connectivity index (χ0v) is 12.3. The van der Waals surface area contributed by atoms with E-state index in [-0.39, 0.29) is 6.03 Å². The van der Waals surface area contributed by atoms with E-state index in [2.05, 4.69) is 4.90 Å². The zero-order chi connectivity index (χ0) is 14.1. The van der Waals surface area contributed by atoms with E-state index in [1.54, 1.807) is 0 Å². The summed E-state index contributed by atoms with van der Waals surface area (Å²) in [5.74, 6) is 0.986. The van der Waals surface area contributed by atoms with Gasteiger partial charge in [0.05, 0.1) is 5.88 Å². The first-order valence-corrected chi connectivity index (χ1v) is 8.39. The van der Waals surface area contributed by atoms with E-state index in [9.17, 15) is 9.59 Å². The number of carboxylic acid groups (broad SMARTS) is 1. The van der Waals surface area contributed by atoms with Crippen LogP contribution in [0.15, 0.2) is 0 Å². The van der Waals surface area contributed by atoms with Crippen molar-refractivity contribution in [3.05, 3.63) is 0 Å². The molecule has 3 rings (SSSR count). The third kappa shape index (κ3) is 3.03. The highest BCUT2D eigenvalue weighted by Crippen LogP contribution is 2.30. The maximum Gasteiger partial charge on any atom is 0.327 e. The van der Waals surface area contributed by atoms with Gasteiger partial charge in [0.25, 0.3) is 0 Å². The molecule has 2 amide bonds. The van der Waals surface area contributed by atoms with Crippen molar-refractivity contribution in [1.29, 1.82) is 0 Å². The third-order valence-electron chi connectivity index (χ3n) is 4.27. The van der Waals surface area contributed by atoms with Crippen LogP contribution in [-0.4, -0.2) is 82.2 Å². The lowest BCUT2D eigenvalue weighted by Gasteiger charge is -2.37. The molecule has 3 aliphatic rings. The fourth-order valence-electron chi connectivity index (χ4n) is 2.80. The molecule has 1 saturated carbocycles. The lowest BCUT2D eigenvalue weighted by atomic mass is 10.2. The first-order valence-electron chi connectivity index (χ1n) is 7.23. The lowest BCUT2D eigenvalue weighted by molar-refractivity contribution is -0.141. The number of nitrogens with zero attached hydrogens (tertiary/aromatic N) is 3. The lowest BCUT2D eigenvalue weighted by Crippen LogP contribution is -2.55. The molecule has 1 N–H and O–H groups in total. The van der Waals surface area contributed by atoms with Gasteiger partial charge in [0.15, 0.2) is 0 Å². The van der Waals surface area contributed by atoms with Crippen molar-refractivity contribution in [3.63, 3.8) is 0 Å². The van der Waals surface area contributed by atoms with E-state index in [0.717, 1.165) is 32.1 Å². The Morgan fingerprint density at radius 1 is 1.15 bits per heavy atom. The number of aliphatic carboxylic acids is 1. The van der Waals surface area contributed by atoms with Crippen molar-refractivity contribution >= 4 is 23.8 Å². The third-order valence-corrected chi connectivity index (χ3v) is 5.28. The van der Waals surface area contributed by atoms with Crippen molar-refractivity contribution in [1.82, 2.24) is 14.7 Å². The number of rotatable bonds is 3. The van der Waals surface area contributed by atoms with Gasteiger partial charge in [0, 0.05) is 38.5 Å². The molecule has 112 valence electrons. The summed E-state index contributed by atoms with van der Waals surface area (Å²) in [5.41, 5.74) is 0. The molecule has 0 spiro atoms. The Kier molecular flexibility index (Phi) is 4.07. The second kappa shape index (κ2) is 5.81. The van der Waals surface area contributed by atoms with Gasteiger partial charge in [-0.3, -0.25) is 4.90 Å². The summed E-state index contributed by atoms with van der Waals surface area (Å²) in [5, 5.41) is 9.15. The summed E-state index contributed by atoms with van der Waals surface area (Å²) in [4.78, 5) is 29.3. The van der Waals surface area contributed by atoms with Crippen molar-refractivity contribution in [2.75, 3.05) is 44.4 Å². The van der Waals surface area contributed by atoms with E-state index >= 15 is 0 Å². The topological polar surface area (TPSA) is 64.1 Å². The predicted molar refractivity (Wildman–Crippen MR) is 76.7 cm³/mol. The van der Waals surface area contributed by atoms with Crippen molar-refractivity contribution in [3.8, 4) is 0 Å². The van der Waals surface area contributed by atoms with E-state index in [1.807, 2.05) is 4.90 Å². The van der Waals surface area contributed by atoms with E-state index in [4.69, 9.17) is 5.11 Å². The molecular weight excluding hydrogens is 278 g/mol. The first kappa shape index (κ1) is 14.0. The van der Waals surface area contributed by atoms with Gasteiger partial charge in [-0.2, -0.15) is 0 Å². The fourth-order valence-corrected chi connectivity index (χ4v) is 3.94. The zero-order valence-electron chi connectivity index (χ0n) is 11.5. The maximum atomic E-state index is 12.4.